The number of amides is 1. The Balaban J connectivity index is 1.74. The molecule has 0 atom stereocenters. The molecule has 0 spiro atoms. The van der Waals surface area contributed by atoms with Gasteiger partial charge in [-0.05, 0) is 44.0 Å². The molecule has 0 aliphatic carbocycles. The van der Waals surface area contributed by atoms with E-state index in [0.29, 0.717) is 21.5 Å². The van der Waals surface area contributed by atoms with Crippen LogP contribution in [0.2, 0.25) is 0 Å². The van der Waals surface area contributed by atoms with Crippen LogP contribution in [0.15, 0.2) is 48.5 Å². The Hall–Kier alpha value is -3.19. The standard InChI is InChI=1S/C22H22N2O4S/c1-4-27-21(26)20-19(16-8-6-5-7-9-16)24-22(29-20)23-18(25)13-28-17-11-14(2)10-15(3)12-17/h5-12H,4,13H2,1-3H3,(H,23,24,25). The van der Waals surface area contributed by atoms with Gasteiger partial charge in [-0.25, -0.2) is 9.78 Å². The van der Waals surface area contributed by atoms with E-state index in [2.05, 4.69) is 10.3 Å². The van der Waals surface area contributed by atoms with Crippen LogP contribution in [-0.4, -0.2) is 30.1 Å². The van der Waals surface area contributed by atoms with E-state index >= 15 is 0 Å². The summed E-state index contributed by atoms with van der Waals surface area (Å²) in [6, 6.07) is 15.1. The van der Waals surface area contributed by atoms with Crippen molar-refractivity contribution in [3.63, 3.8) is 0 Å². The van der Waals surface area contributed by atoms with Crippen molar-refractivity contribution in [2.45, 2.75) is 20.8 Å². The summed E-state index contributed by atoms with van der Waals surface area (Å²) in [4.78, 5) is 29.4. The van der Waals surface area contributed by atoms with Crippen molar-refractivity contribution in [1.29, 1.82) is 0 Å². The maximum Gasteiger partial charge on any atom is 0.350 e. The van der Waals surface area contributed by atoms with Crippen LogP contribution >= 0.6 is 11.3 Å². The number of hydrogen-bond donors (Lipinski definition) is 1. The lowest BCUT2D eigenvalue weighted by molar-refractivity contribution is -0.118. The molecule has 0 fully saturated rings. The minimum atomic E-state index is -0.462. The average molecular weight is 410 g/mol. The zero-order valence-corrected chi connectivity index (χ0v) is 17.3. The Kier molecular flexibility index (Phi) is 6.61. The highest BCUT2D eigenvalue weighted by molar-refractivity contribution is 7.18. The zero-order valence-electron chi connectivity index (χ0n) is 16.5. The van der Waals surface area contributed by atoms with Crippen molar-refractivity contribution in [2.75, 3.05) is 18.5 Å². The maximum absolute atomic E-state index is 12.3. The third kappa shape index (κ3) is 5.42. The summed E-state index contributed by atoms with van der Waals surface area (Å²) in [6.45, 7) is 5.79. The molecule has 0 bridgehead atoms. The number of carbonyl (C=O) groups is 2. The predicted octanol–water partition coefficient (Wildman–Crippen LogP) is 4.62. The predicted molar refractivity (Wildman–Crippen MR) is 114 cm³/mol. The second-order valence-electron chi connectivity index (χ2n) is 6.44. The van der Waals surface area contributed by atoms with Gasteiger partial charge in [0.2, 0.25) is 0 Å². The van der Waals surface area contributed by atoms with Crippen LogP contribution in [0.25, 0.3) is 11.3 Å². The van der Waals surface area contributed by atoms with Gasteiger partial charge in [0.15, 0.2) is 11.7 Å². The fraction of sp³-hybridized carbons (Fsp3) is 0.227. The largest absolute Gasteiger partial charge is 0.484 e. The quantitative estimate of drug-likeness (QED) is 0.575. The SMILES string of the molecule is CCOC(=O)c1sc(NC(=O)COc2cc(C)cc(C)c2)nc1-c1ccccc1. The number of aryl methyl sites for hydroxylation is 2. The lowest BCUT2D eigenvalue weighted by Crippen LogP contribution is -2.20. The number of hydrogen-bond acceptors (Lipinski definition) is 6. The number of ether oxygens (including phenoxy) is 2. The molecule has 1 N–H and O–H groups in total. The van der Waals surface area contributed by atoms with E-state index in [9.17, 15) is 9.59 Å². The molecule has 0 saturated heterocycles. The van der Waals surface area contributed by atoms with Crippen molar-refractivity contribution in [3.05, 3.63) is 64.5 Å². The first kappa shape index (κ1) is 20.5. The summed E-state index contributed by atoms with van der Waals surface area (Å²) >= 11 is 1.08. The lowest BCUT2D eigenvalue weighted by Gasteiger charge is -2.07. The van der Waals surface area contributed by atoms with Crippen LogP contribution in [0.3, 0.4) is 0 Å². The molecule has 0 aliphatic heterocycles. The third-order valence-corrected chi connectivity index (χ3v) is 4.90. The second-order valence-corrected chi connectivity index (χ2v) is 7.44. The first-order chi connectivity index (χ1) is 14.0. The molecule has 3 rings (SSSR count). The van der Waals surface area contributed by atoms with Gasteiger partial charge in [0.25, 0.3) is 5.91 Å². The number of benzene rings is 2. The number of carbonyl (C=O) groups excluding carboxylic acids is 2. The highest BCUT2D eigenvalue weighted by atomic mass is 32.1. The van der Waals surface area contributed by atoms with E-state index in [1.54, 1.807) is 6.92 Å². The molecule has 1 heterocycles. The molecule has 0 saturated carbocycles. The van der Waals surface area contributed by atoms with Gasteiger partial charge in [-0.2, -0.15) is 0 Å². The molecule has 29 heavy (non-hydrogen) atoms. The summed E-state index contributed by atoms with van der Waals surface area (Å²) in [5.41, 5.74) is 3.39. The van der Waals surface area contributed by atoms with E-state index in [1.165, 1.54) is 0 Å². The number of aromatic nitrogens is 1. The van der Waals surface area contributed by atoms with Crippen LogP contribution in [0.1, 0.15) is 27.7 Å². The fourth-order valence-electron chi connectivity index (χ4n) is 2.82. The normalized spacial score (nSPS) is 10.4. The monoisotopic (exact) mass is 410 g/mol. The molecule has 0 aliphatic rings. The topological polar surface area (TPSA) is 77.5 Å². The van der Waals surface area contributed by atoms with Crippen molar-refractivity contribution >= 4 is 28.3 Å². The first-order valence-corrected chi connectivity index (χ1v) is 10.0. The molecular formula is C22H22N2O4S. The molecule has 2 aromatic carbocycles. The van der Waals surface area contributed by atoms with E-state index in [1.807, 2.05) is 62.4 Å². The molecular weight excluding hydrogens is 388 g/mol. The van der Waals surface area contributed by atoms with Crippen molar-refractivity contribution in [3.8, 4) is 17.0 Å². The molecule has 0 radical (unpaired) electrons. The van der Waals surface area contributed by atoms with Gasteiger partial charge in [0, 0.05) is 5.56 Å². The van der Waals surface area contributed by atoms with Crippen LogP contribution in [0.5, 0.6) is 5.75 Å². The van der Waals surface area contributed by atoms with Gasteiger partial charge in [0.1, 0.15) is 10.6 Å². The summed E-state index contributed by atoms with van der Waals surface area (Å²) in [7, 11) is 0. The highest BCUT2D eigenvalue weighted by Gasteiger charge is 2.21. The highest BCUT2D eigenvalue weighted by Crippen LogP contribution is 2.31. The van der Waals surface area contributed by atoms with Gasteiger partial charge in [-0.3, -0.25) is 10.1 Å². The molecule has 1 amide bonds. The Morgan fingerprint density at radius 2 is 1.76 bits per heavy atom. The molecule has 6 nitrogen and oxygen atoms in total. The fourth-order valence-corrected chi connectivity index (χ4v) is 3.72. The number of nitrogens with one attached hydrogen (secondary N) is 1. The zero-order chi connectivity index (χ0) is 20.8. The molecule has 150 valence electrons. The van der Waals surface area contributed by atoms with Gasteiger partial charge < -0.3 is 9.47 Å². The van der Waals surface area contributed by atoms with E-state index < -0.39 is 5.97 Å². The third-order valence-electron chi connectivity index (χ3n) is 3.95. The Bertz CT molecular complexity index is 995. The minimum absolute atomic E-state index is 0.155. The van der Waals surface area contributed by atoms with Crippen LogP contribution < -0.4 is 10.1 Å². The Morgan fingerprint density at radius 3 is 2.41 bits per heavy atom. The first-order valence-electron chi connectivity index (χ1n) is 9.20. The van der Waals surface area contributed by atoms with Gasteiger partial charge in [-0.15, -0.1) is 0 Å². The van der Waals surface area contributed by atoms with Crippen molar-refractivity contribution < 1.29 is 19.1 Å². The molecule has 1 aromatic heterocycles. The summed E-state index contributed by atoms with van der Waals surface area (Å²) in [6.07, 6.45) is 0. The lowest BCUT2D eigenvalue weighted by atomic mass is 10.1. The Labute approximate surface area is 173 Å². The van der Waals surface area contributed by atoms with E-state index in [-0.39, 0.29) is 19.1 Å². The summed E-state index contributed by atoms with van der Waals surface area (Å²) < 4.78 is 10.7. The van der Waals surface area contributed by atoms with Crippen LogP contribution in [0, 0.1) is 13.8 Å². The molecule has 7 heteroatoms. The van der Waals surface area contributed by atoms with Crippen molar-refractivity contribution in [1.82, 2.24) is 4.98 Å². The molecule has 0 unspecified atom stereocenters. The second kappa shape index (κ2) is 9.34. The van der Waals surface area contributed by atoms with E-state index in [4.69, 9.17) is 9.47 Å². The number of rotatable bonds is 7. The van der Waals surface area contributed by atoms with E-state index in [0.717, 1.165) is 28.0 Å². The number of anilines is 1. The van der Waals surface area contributed by atoms with Gasteiger partial charge >= 0.3 is 5.97 Å². The minimum Gasteiger partial charge on any atom is -0.484 e. The average Bonchev–Trinajstić information content (AvgIpc) is 3.10. The van der Waals surface area contributed by atoms with Crippen LogP contribution in [0.4, 0.5) is 5.13 Å². The van der Waals surface area contributed by atoms with Crippen molar-refractivity contribution in [2.24, 2.45) is 0 Å². The van der Waals surface area contributed by atoms with Gasteiger partial charge in [-0.1, -0.05) is 47.7 Å². The van der Waals surface area contributed by atoms with Crippen LogP contribution in [-0.2, 0) is 9.53 Å². The number of thiazole rings is 1. The smallest absolute Gasteiger partial charge is 0.350 e. The summed E-state index contributed by atoms with van der Waals surface area (Å²) in [5, 5.41) is 3.02. The number of nitrogens with zero attached hydrogens (tertiary/aromatic N) is 1. The Morgan fingerprint density at radius 1 is 1.07 bits per heavy atom. The summed E-state index contributed by atoms with van der Waals surface area (Å²) in [5.74, 6) is -0.183. The maximum atomic E-state index is 12.3. The molecule has 3 aromatic rings. The van der Waals surface area contributed by atoms with Gasteiger partial charge in [0.05, 0.1) is 12.3 Å². The number of esters is 1.